The molecule has 1 aromatic heterocycles. The number of ether oxygens (including phenoxy) is 1. The number of aromatic nitrogens is 1. The second-order valence-corrected chi connectivity index (χ2v) is 4.03. The van der Waals surface area contributed by atoms with E-state index in [0.29, 0.717) is 0 Å². The lowest BCUT2D eigenvalue weighted by atomic mass is 10.2. The van der Waals surface area contributed by atoms with Gasteiger partial charge in [0.1, 0.15) is 0 Å². The maximum absolute atomic E-state index is 5.75. The number of pyridine rings is 1. The molecule has 1 atom stereocenters. The minimum Gasteiger partial charge on any atom is -0.475 e. The molecular weight excluding hydrogens is 200 g/mol. The predicted molar refractivity (Wildman–Crippen MR) is 66.8 cm³/mol. The van der Waals surface area contributed by atoms with Crippen LogP contribution in [0.5, 0.6) is 5.88 Å². The van der Waals surface area contributed by atoms with Gasteiger partial charge in [-0.05, 0) is 38.4 Å². The molecule has 1 unspecified atom stereocenters. The third-order valence-corrected chi connectivity index (χ3v) is 2.55. The molecule has 1 rings (SSSR count). The van der Waals surface area contributed by atoms with Crippen molar-refractivity contribution >= 4 is 0 Å². The van der Waals surface area contributed by atoms with Crippen LogP contribution in [0.2, 0.25) is 0 Å². The van der Waals surface area contributed by atoms with Crippen molar-refractivity contribution in [1.29, 1.82) is 0 Å². The minimum atomic E-state index is 0.224. The fourth-order valence-electron chi connectivity index (χ4n) is 1.46. The summed E-state index contributed by atoms with van der Waals surface area (Å²) in [6.07, 6.45) is 2.16. The van der Waals surface area contributed by atoms with Gasteiger partial charge in [0.25, 0.3) is 0 Å². The van der Waals surface area contributed by atoms with E-state index in [4.69, 9.17) is 4.74 Å². The standard InChI is InChI=1S/C13H22N2O/c1-5-10(3)16-13-8-11(9-14-4)7-12(6-2)15-13/h7-8,10,14H,5-6,9H2,1-4H3. The fraction of sp³-hybridized carbons (Fsp3) is 0.615. The summed E-state index contributed by atoms with van der Waals surface area (Å²) in [6, 6.07) is 4.14. The molecule has 1 heterocycles. The van der Waals surface area contributed by atoms with Crippen molar-refractivity contribution in [1.82, 2.24) is 10.3 Å². The molecule has 90 valence electrons. The van der Waals surface area contributed by atoms with Crippen molar-refractivity contribution in [3.63, 3.8) is 0 Å². The molecule has 0 bridgehead atoms. The molecule has 0 saturated heterocycles. The van der Waals surface area contributed by atoms with Gasteiger partial charge in [0.2, 0.25) is 5.88 Å². The van der Waals surface area contributed by atoms with Gasteiger partial charge >= 0.3 is 0 Å². The first-order valence-corrected chi connectivity index (χ1v) is 6.00. The highest BCUT2D eigenvalue weighted by atomic mass is 16.5. The Labute approximate surface area is 98.2 Å². The summed E-state index contributed by atoms with van der Waals surface area (Å²) in [4.78, 5) is 4.47. The smallest absolute Gasteiger partial charge is 0.214 e. The Balaban J connectivity index is 2.85. The van der Waals surface area contributed by atoms with Gasteiger partial charge in [-0.3, -0.25) is 0 Å². The molecule has 0 radical (unpaired) electrons. The maximum Gasteiger partial charge on any atom is 0.214 e. The quantitative estimate of drug-likeness (QED) is 0.803. The van der Waals surface area contributed by atoms with E-state index >= 15 is 0 Å². The average Bonchev–Trinajstić information content (AvgIpc) is 2.29. The van der Waals surface area contributed by atoms with E-state index in [1.165, 1.54) is 5.56 Å². The highest BCUT2D eigenvalue weighted by molar-refractivity contribution is 5.25. The van der Waals surface area contributed by atoms with Crippen LogP contribution in [-0.4, -0.2) is 18.1 Å². The molecule has 0 aliphatic heterocycles. The van der Waals surface area contributed by atoms with Crippen LogP contribution in [-0.2, 0) is 13.0 Å². The molecule has 0 saturated carbocycles. The molecule has 0 aliphatic carbocycles. The van der Waals surface area contributed by atoms with Crippen molar-refractivity contribution in [3.05, 3.63) is 23.4 Å². The van der Waals surface area contributed by atoms with Crippen LogP contribution in [0.4, 0.5) is 0 Å². The van der Waals surface area contributed by atoms with Gasteiger partial charge in [0.05, 0.1) is 6.10 Å². The Morgan fingerprint density at radius 2 is 2.12 bits per heavy atom. The second kappa shape index (κ2) is 6.48. The minimum absolute atomic E-state index is 0.224. The Kier molecular flexibility index (Phi) is 5.26. The molecule has 0 spiro atoms. The van der Waals surface area contributed by atoms with Gasteiger partial charge in [0.15, 0.2) is 0 Å². The van der Waals surface area contributed by atoms with Gasteiger partial charge in [-0.15, -0.1) is 0 Å². The molecule has 16 heavy (non-hydrogen) atoms. The number of rotatable bonds is 6. The first kappa shape index (κ1) is 13.0. The Morgan fingerprint density at radius 1 is 1.38 bits per heavy atom. The first-order valence-electron chi connectivity index (χ1n) is 6.00. The fourth-order valence-corrected chi connectivity index (χ4v) is 1.46. The molecule has 0 aromatic carbocycles. The summed E-state index contributed by atoms with van der Waals surface area (Å²) >= 11 is 0. The molecule has 1 aromatic rings. The molecule has 0 aliphatic rings. The lowest BCUT2D eigenvalue weighted by Gasteiger charge is -2.13. The summed E-state index contributed by atoms with van der Waals surface area (Å²) in [5.74, 6) is 0.749. The number of hydrogen-bond donors (Lipinski definition) is 1. The van der Waals surface area contributed by atoms with Crippen LogP contribution in [0, 0.1) is 0 Å². The second-order valence-electron chi connectivity index (χ2n) is 4.03. The van der Waals surface area contributed by atoms with Crippen LogP contribution >= 0.6 is 0 Å². The highest BCUT2D eigenvalue weighted by Gasteiger charge is 2.05. The van der Waals surface area contributed by atoms with Crippen LogP contribution in [0.1, 0.15) is 38.4 Å². The normalized spacial score (nSPS) is 12.5. The third kappa shape index (κ3) is 3.81. The van der Waals surface area contributed by atoms with Crippen LogP contribution in [0.15, 0.2) is 12.1 Å². The van der Waals surface area contributed by atoms with Crippen molar-refractivity contribution in [3.8, 4) is 5.88 Å². The van der Waals surface area contributed by atoms with Crippen LogP contribution < -0.4 is 10.1 Å². The van der Waals surface area contributed by atoms with E-state index in [9.17, 15) is 0 Å². The third-order valence-electron chi connectivity index (χ3n) is 2.55. The van der Waals surface area contributed by atoms with Crippen molar-refractivity contribution < 1.29 is 4.74 Å². The van der Waals surface area contributed by atoms with E-state index in [0.717, 1.165) is 31.0 Å². The zero-order valence-electron chi connectivity index (χ0n) is 10.7. The number of aryl methyl sites for hydroxylation is 1. The maximum atomic E-state index is 5.75. The van der Waals surface area contributed by atoms with E-state index in [1.54, 1.807) is 0 Å². The Hall–Kier alpha value is -1.09. The number of nitrogens with zero attached hydrogens (tertiary/aromatic N) is 1. The first-order chi connectivity index (χ1) is 7.69. The molecule has 3 nitrogen and oxygen atoms in total. The number of hydrogen-bond acceptors (Lipinski definition) is 3. The van der Waals surface area contributed by atoms with E-state index in [1.807, 2.05) is 13.1 Å². The monoisotopic (exact) mass is 222 g/mol. The SMILES string of the molecule is CCc1cc(CNC)cc(OC(C)CC)n1. The Bertz CT molecular complexity index is 326. The largest absolute Gasteiger partial charge is 0.475 e. The molecule has 3 heteroatoms. The van der Waals surface area contributed by atoms with Crippen LogP contribution in [0.3, 0.4) is 0 Å². The van der Waals surface area contributed by atoms with Crippen molar-refractivity contribution in [2.45, 2.75) is 46.3 Å². The van der Waals surface area contributed by atoms with E-state index in [-0.39, 0.29) is 6.10 Å². The lowest BCUT2D eigenvalue weighted by molar-refractivity contribution is 0.208. The summed E-state index contributed by atoms with van der Waals surface area (Å²) < 4.78 is 5.75. The summed E-state index contributed by atoms with van der Waals surface area (Å²) in [7, 11) is 1.95. The molecule has 0 amide bonds. The predicted octanol–water partition coefficient (Wildman–Crippen LogP) is 2.54. The lowest BCUT2D eigenvalue weighted by Crippen LogP contribution is -2.12. The zero-order chi connectivity index (χ0) is 12.0. The van der Waals surface area contributed by atoms with Gasteiger partial charge in [-0.25, -0.2) is 4.98 Å². The summed E-state index contributed by atoms with van der Waals surface area (Å²) in [6.45, 7) is 7.14. The summed E-state index contributed by atoms with van der Waals surface area (Å²) in [5.41, 5.74) is 2.32. The van der Waals surface area contributed by atoms with Crippen molar-refractivity contribution in [2.75, 3.05) is 7.05 Å². The van der Waals surface area contributed by atoms with Gasteiger partial charge in [0, 0.05) is 18.3 Å². The Morgan fingerprint density at radius 3 is 2.69 bits per heavy atom. The van der Waals surface area contributed by atoms with Gasteiger partial charge in [-0.1, -0.05) is 13.8 Å². The molecular formula is C13H22N2O. The topological polar surface area (TPSA) is 34.1 Å². The van der Waals surface area contributed by atoms with E-state index in [2.05, 4.69) is 37.1 Å². The van der Waals surface area contributed by atoms with Gasteiger partial charge < -0.3 is 10.1 Å². The molecule has 0 fully saturated rings. The average molecular weight is 222 g/mol. The van der Waals surface area contributed by atoms with Gasteiger partial charge in [-0.2, -0.15) is 0 Å². The van der Waals surface area contributed by atoms with Crippen LogP contribution in [0.25, 0.3) is 0 Å². The van der Waals surface area contributed by atoms with E-state index < -0.39 is 0 Å². The molecule has 1 N–H and O–H groups in total. The summed E-state index contributed by atoms with van der Waals surface area (Å²) in [5, 5.41) is 3.15. The highest BCUT2D eigenvalue weighted by Crippen LogP contribution is 2.15. The zero-order valence-corrected chi connectivity index (χ0v) is 10.7. The van der Waals surface area contributed by atoms with Crippen molar-refractivity contribution in [2.24, 2.45) is 0 Å². The number of nitrogens with one attached hydrogen (secondary N) is 1.